The second kappa shape index (κ2) is 4.22. The van der Waals surface area contributed by atoms with Crippen LogP contribution >= 0.6 is 11.8 Å². The number of carbonyl (C=O) groups is 1. The molecule has 1 aliphatic rings. The molecule has 0 unspecified atom stereocenters. The summed E-state index contributed by atoms with van der Waals surface area (Å²) in [6.45, 7) is 0. The van der Waals surface area contributed by atoms with Gasteiger partial charge in [-0.25, -0.2) is 0 Å². The maximum absolute atomic E-state index is 12.1. The summed E-state index contributed by atoms with van der Waals surface area (Å²) >= 11 is 1.55. The molecule has 2 aromatic carbocycles. The van der Waals surface area contributed by atoms with Crippen LogP contribution in [-0.4, -0.2) is 5.78 Å². The molecule has 0 saturated carbocycles. The molecule has 0 spiro atoms. The number of ketones is 1. The highest BCUT2D eigenvalue weighted by Crippen LogP contribution is 2.40. The van der Waals surface area contributed by atoms with Gasteiger partial charge in [-0.1, -0.05) is 54.2 Å². The normalized spacial score (nSPS) is 16.2. The number of fused-ring (bicyclic) bond motifs is 1. The summed E-state index contributed by atoms with van der Waals surface area (Å²) in [7, 11) is 0. The summed E-state index contributed by atoms with van der Waals surface area (Å²) in [5.41, 5.74) is 1.89. The summed E-state index contributed by atoms with van der Waals surface area (Å²) in [4.78, 5) is 14.0. The van der Waals surface area contributed by atoms with Crippen LogP contribution < -0.4 is 0 Å². The summed E-state index contributed by atoms with van der Waals surface area (Å²) in [5, 5.41) is 0. The summed E-state index contributed by atoms with van der Waals surface area (Å²) in [6, 6.07) is 17.7. The van der Waals surface area contributed by atoms with Crippen molar-refractivity contribution in [2.24, 2.45) is 0 Å². The summed E-state index contributed by atoms with van der Waals surface area (Å²) < 4.78 is 0. The Balaban J connectivity index is 2.00. The van der Waals surface area contributed by atoms with Crippen molar-refractivity contribution < 1.29 is 4.79 Å². The monoisotopic (exact) mass is 238 g/mol. The topological polar surface area (TPSA) is 17.1 Å². The molecule has 0 N–H and O–H groups in total. The molecule has 0 amide bonds. The lowest BCUT2D eigenvalue weighted by atomic mass is 10.1. The van der Waals surface area contributed by atoms with Gasteiger partial charge in [-0.2, -0.15) is 0 Å². The predicted molar refractivity (Wildman–Crippen MR) is 71.0 cm³/mol. The minimum Gasteiger partial charge on any atom is -0.288 e. The van der Waals surface area contributed by atoms with Gasteiger partial charge in [0.15, 0.2) is 0 Å². The zero-order chi connectivity index (χ0) is 11.7. The van der Waals surface area contributed by atoms with E-state index >= 15 is 0 Å². The van der Waals surface area contributed by atoms with Crippen LogP contribution in [0.1, 0.15) is 15.9 Å². The fourth-order valence-corrected chi connectivity index (χ4v) is 2.89. The van der Waals surface area contributed by atoms with Crippen LogP contribution in [0.15, 0.2) is 64.4 Å². The Bertz CT molecular complexity index is 599. The van der Waals surface area contributed by atoms with E-state index in [2.05, 4.69) is 0 Å². The Morgan fingerprint density at radius 3 is 2.35 bits per heavy atom. The molecule has 0 aliphatic carbocycles. The van der Waals surface area contributed by atoms with Gasteiger partial charge in [0, 0.05) is 10.5 Å². The predicted octanol–water partition coefficient (Wildman–Crippen LogP) is 4.02. The maximum atomic E-state index is 12.1. The quantitative estimate of drug-likeness (QED) is 0.698. The third kappa shape index (κ3) is 1.92. The molecule has 1 heterocycles. The maximum Gasteiger partial charge on any atom is 0.200 e. The van der Waals surface area contributed by atoms with Gasteiger partial charge in [-0.15, -0.1) is 0 Å². The van der Waals surface area contributed by atoms with Crippen LogP contribution in [0, 0.1) is 0 Å². The number of Topliss-reactive ketones (excluding diaryl/α,β-unsaturated/α-hetero) is 1. The largest absolute Gasteiger partial charge is 0.288 e. The molecule has 0 aromatic heterocycles. The smallest absolute Gasteiger partial charge is 0.200 e. The molecule has 82 valence electrons. The molecule has 0 radical (unpaired) electrons. The van der Waals surface area contributed by atoms with Gasteiger partial charge in [-0.3, -0.25) is 4.79 Å². The van der Waals surface area contributed by atoms with E-state index in [0.717, 1.165) is 20.9 Å². The van der Waals surface area contributed by atoms with Crippen molar-refractivity contribution in [3.8, 4) is 0 Å². The van der Waals surface area contributed by atoms with Crippen molar-refractivity contribution in [1.29, 1.82) is 0 Å². The van der Waals surface area contributed by atoms with E-state index in [1.165, 1.54) is 0 Å². The van der Waals surface area contributed by atoms with Gasteiger partial charge in [0.1, 0.15) is 0 Å². The van der Waals surface area contributed by atoms with E-state index in [1.807, 2.05) is 60.7 Å². The minimum atomic E-state index is 0.134. The number of benzene rings is 2. The molecular formula is C15H10OS. The van der Waals surface area contributed by atoms with Crippen LogP contribution in [0.3, 0.4) is 0 Å². The lowest BCUT2D eigenvalue weighted by Gasteiger charge is -1.94. The first-order valence-corrected chi connectivity index (χ1v) is 6.24. The van der Waals surface area contributed by atoms with Crippen LogP contribution in [0.2, 0.25) is 0 Å². The van der Waals surface area contributed by atoms with Crippen molar-refractivity contribution in [2.45, 2.75) is 4.90 Å². The van der Waals surface area contributed by atoms with E-state index < -0.39 is 0 Å². The number of thioether (sulfide) groups is 1. The fraction of sp³-hybridized carbons (Fsp3) is 0. The van der Waals surface area contributed by atoms with E-state index in [0.29, 0.717) is 0 Å². The molecule has 0 atom stereocenters. The number of hydrogen-bond donors (Lipinski definition) is 0. The van der Waals surface area contributed by atoms with E-state index in [1.54, 1.807) is 11.8 Å². The van der Waals surface area contributed by atoms with Crippen LogP contribution in [0.5, 0.6) is 0 Å². The number of carbonyl (C=O) groups excluding carboxylic acids is 1. The number of rotatable bonds is 1. The third-order valence-electron chi connectivity index (χ3n) is 2.67. The SMILES string of the molecule is O=C1/C(=C\c2ccccc2)Sc2ccccc21. The van der Waals surface area contributed by atoms with Crippen LogP contribution in [0.25, 0.3) is 6.08 Å². The zero-order valence-electron chi connectivity index (χ0n) is 9.09. The van der Waals surface area contributed by atoms with Crippen molar-refractivity contribution >= 4 is 23.6 Å². The van der Waals surface area contributed by atoms with Crippen molar-refractivity contribution in [2.75, 3.05) is 0 Å². The Morgan fingerprint density at radius 1 is 0.882 bits per heavy atom. The van der Waals surface area contributed by atoms with Crippen LogP contribution in [-0.2, 0) is 0 Å². The minimum absolute atomic E-state index is 0.134. The Morgan fingerprint density at radius 2 is 1.59 bits per heavy atom. The second-order valence-electron chi connectivity index (χ2n) is 3.85. The molecule has 0 bridgehead atoms. The average molecular weight is 238 g/mol. The first kappa shape index (κ1) is 10.4. The highest BCUT2D eigenvalue weighted by atomic mass is 32.2. The third-order valence-corrected chi connectivity index (χ3v) is 3.77. The lowest BCUT2D eigenvalue weighted by Crippen LogP contribution is -1.93. The first-order valence-electron chi connectivity index (χ1n) is 5.43. The Hall–Kier alpha value is -1.80. The molecule has 17 heavy (non-hydrogen) atoms. The summed E-state index contributed by atoms with van der Waals surface area (Å²) in [6.07, 6.45) is 1.95. The van der Waals surface area contributed by atoms with Gasteiger partial charge >= 0.3 is 0 Å². The average Bonchev–Trinajstić information content (AvgIpc) is 2.68. The van der Waals surface area contributed by atoms with Gasteiger partial charge < -0.3 is 0 Å². The van der Waals surface area contributed by atoms with Crippen molar-refractivity contribution in [3.05, 3.63) is 70.6 Å². The van der Waals surface area contributed by atoms with E-state index in [-0.39, 0.29) is 5.78 Å². The molecule has 2 heteroatoms. The fourth-order valence-electron chi connectivity index (χ4n) is 1.84. The van der Waals surface area contributed by atoms with Crippen LogP contribution in [0.4, 0.5) is 0 Å². The highest BCUT2D eigenvalue weighted by Gasteiger charge is 2.24. The highest BCUT2D eigenvalue weighted by molar-refractivity contribution is 8.04. The Labute approximate surface area is 104 Å². The molecule has 0 fully saturated rings. The first-order chi connectivity index (χ1) is 8.34. The van der Waals surface area contributed by atoms with Crippen molar-refractivity contribution in [1.82, 2.24) is 0 Å². The lowest BCUT2D eigenvalue weighted by molar-refractivity contribution is 0.104. The molecule has 2 aromatic rings. The van der Waals surface area contributed by atoms with Crippen molar-refractivity contribution in [3.63, 3.8) is 0 Å². The van der Waals surface area contributed by atoms with Gasteiger partial charge in [-0.05, 0) is 23.8 Å². The number of hydrogen-bond acceptors (Lipinski definition) is 2. The van der Waals surface area contributed by atoms with E-state index in [9.17, 15) is 4.79 Å². The van der Waals surface area contributed by atoms with Gasteiger partial charge in [0.25, 0.3) is 0 Å². The standard InChI is InChI=1S/C15H10OS/c16-15-12-8-4-5-9-13(12)17-14(15)10-11-6-2-1-3-7-11/h1-10H/b14-10+. The summed E-state index contributed by atoms with van der Waals surface area (Å²) in [5.74, 6) is 0.134. The number of allylic oxidation sites excluding steroid dienone is 1. The molecular weight excluding hydrogens is 228 g/mol. The zero-order valence-corrected chi connectivity index (χ0v) is 9.91. The molecule has 0 saturated heterocycles. The molecule has 1 aliphatic heterocycles. The molecule has 1 nitrogen and oxygen atoms in total. The molecule has 3 rings (SSSR count). The second-order valence-corrected chi connectivity index (χ2v) is 4.93. The Kier molecular flexibility index (Phi) is 2.57. The van der Waals surface area contributed by atoms with E-state index in [4.69, 9.17) is 0 Å². The van der Waals surface area contributed by atoms with Gasteiger partial charge in [0.2, 0.25) is 5.78 Å². The van der Waals surface area contributed by atoms with Gasteiger partial charge in [0.05, 0.1) is 4.91 Å².